The number of benzene rings is 2. The van der Waals surface area contributed by atoms with Crippen LogP contribution in [0, 0.1) is 0 Å². The molecule has 0 aliphatic carbocycles. The summed E-state index contributed by atoms with van der Waals surface area (Å²) >= 11 is 17.2. The van der Waals surface area contributed by atoms with Gasteiger partial charge in [0, 0.05) is 20.8 Å². The van der Waals surface area contributed by atoms with Crippen molar-refractivity contribution < 1.29 is 56.4 Å². The molecule has 0 aromatic heterocycles. The third-order valence-electron chi connectivity index (χ3n) is 5.90. The van der Waals surface area contributed by atoms with E-state index in [4.69, 9.17) is 72.1 Å². The van der Waals surface area contributed by atoms with E-state index in [1.54, 1.807) is 0 Å². The number of rotatable bonds is 14. The van der Waals surface area contributed by atoms with E-state index >= 15 is 0 Å². The summed E-state index contributed by atoms with van der Waals surface area (Å²) < 4.78 is 43.5. The third kappa shape index (κ3) is 13.5. The van der Waals surface area contributed by atoms with Gasteiger partial charge in [0.15, 0.2) is 18.5 Å². The first kappa shape index (κ1) is 37.7. The highest BCUT2D eigenvalue weighted by molar-refractivity contribution is 7.41. The van der Waals surface area contributed by atoms with Gasteiger partial charge in [0.1, 0.15) is 25.4 Å². The minimum absolute atomic E-state index is 0.0672. The molecule has 0 saturated carbocycles. The van der Waals surface area contributed by atoms with Crippen LogP contribution in [-0.4, -0.2) is 71.7 Å². The lowest BCUT2D eigenvalue weighted by Gasteiger charge is -2.45. The molecule has 1 amide bonds. The van der Waals surface area contributed by atoms with Crippen LogP contribution in [0.4, 0.5) is 4.79 Å². The van der Waals surface area contributed by atoms with Gasteiger partial charge in [-0.1, -0.05) is 95.5 Å². The van der Waals surface area contributed by atoms with Crippen molar-refractivity contribution in [3.63, 3.8) is 0 Å². The number of hydrogen-bond acceptors (Lipinski definition) is 12. The summed E-state index contributed by atoms with van der Waals surface area (Å²) in [5.41, 5.74) is 1.61. The lowest BCUT2D eigenvalue weighted by molar-refractivity contribution is -0.258. The van der Waals surface area contributed by atoms with E-state index in [9.17, 15) is 19.2 Å². The van der Waals surface area contributed by atoms with Gasteiger partial charge in [-0.05, 0) is 11.1 Å². The van der Waals surface area contributed by atoms with Crippen molar-refractivity contribution in [1.29, 1.82) is 0 Å². The standard InChI is InChI=1S/C29H33Cl3NO12P/c1-18(34)38-16-23-25(42-19(2)35)26(43-20(3)36)24(33-28(37)39-17-29(30,31)32)27(44-23)45-46(40-14-21-10-6-4-7-11-21)41-15-22-12-8-5-9-13-22/h4-13,23-27H,14-17H2,1-3H3,(H,33,37)/t23-,24-,25-,26-,27-/m1/s1. The van der Waals surface area contributed by atoms with E-state index in [0.717, 1.165) is 25.0 Å². The van der Waals surface area contributed by atoms with E-state index in [2.05, 4.69) is 5.32 Å². The molecule has 46 heavy (non-hydrogen) atoms. The van der Waals surface area contributed by atoms with Gasteiger partial charge in [0.25, 0.3) is 0 Å². The van der Waals surface area contributed by atoms with Crippen LogP contribution in [0.15, 0.2) is 60.7 Å². The maximum absolute atomic E-state index is 12.9. The molecule has 1 saturated heterocycles. The van der Waals surface area contributed by atoms with Crippen molar-refractivity contribution in [2.24, 2.45) is 0 Å². The zero-order chi connectivity index (χ0) is 33.7. The fraction of sp³-hybridized carbons (Fsp3) is 0.448. The summed E-state index contributed by atoms with van der Waals surface area (Å²) in [6.45, 7) is 2.44. The summed E-state index contributed by atoms with van der Waals surface area (Å²) in [6.07, 6.45) is -6.72. The van der Waals surface area contributed by atoms with Crippen molar-refractivity contribution >= 4 is 67.4 Å². The van der Waals surface area contributed by atoms with E-state index in [1.807, 2.05) is 60.7 Å². The van der Waals surface area contributed by atoms with E-state index in [0.29, 0.717) is 0 Å². The number of alkyl halides is 3. The molecule has 3 rings (SSSR count). The number of alkyl carbamates (subject to hydrolysis) is 1. The Morgan fingerprint density at radius 2 is 1.30 bits per heavy atom. The molecule has 1 fully saturated rings. The molecule has 1 N–H and O–H groups in total. The van der Waals surface area contributed by atoms with Crippen LogP contribution in [0.1, 0.15) is 31.9 Å². The Morgan fingerprint density at radius 1 is 0.783 bits per heavy atom. The number of amides is 1. The molecule has 1 heterocycles. The van der Waals surface area contributed by atoms with Crippen LogP contribution >= 0.6 is 43.4 Å². The summed E-state index contributed by atoms with van der Waals surface area (Å²) in [5.74, 6) is -2.25. The SMILES string of the molecule is CC(=O)OC[C@H]1O[C@H](OP(OCc2ccccc2)OCc2ccccc2)[C@H](NC(=O)OCC(Cl)(Cl)Cl)[C@@H](OC(C)=O)[C@@H]1OC(C)=O. The number of nitrogens with one attached hydrogen (secondary N) is 1. The van der Waals surface area contributed by atoms with Gasteiger partial charge >= 0.3 is 32.6 Å². The smallest absolute Gasteiger partial charge is 0.407 e. The molecule has 0 bridgehead atoms. The number of hydrogen-bond donors (Lipinski definition) is 1. The summed E-state index contributed by atoms with van der Waals surface area (Å²) in [7, 11) is -2.26. The van der Waals surface area contributed by atoms with Gasteiger partial charge in [-0.25, -0.2) is 4.79 Å². The Morgan fingerprint density at radius 3 is 1.78 bits per heavy atom. The van der Waals surface area contributed by atoms with Crippen LogP contribution in [0.2, 0.25) is 0 Å². The van der Waals surface area contributed by atoms with Crippen molar-refractivity contribution in [3.8, 4) is 0 Å². The summed E-state index contributed by atoms with van der Waals surface area (Å²) in [4.78, 5) is 49.0. The monoisotopic (exact) mass is 723 g/mol. The predicted molar refractivity (Wildman–Crippen MR) is 165 cm³/mol. The van der Waals surface area contributed by atoms with E-state index in [-0.39, 0.29) is 13.2 Å². The average molecular weight is 725 g/mol. The Kier molecular flexibility index (Phi) is 15.2. The Hall–Kier alpha value is -2.74. The van der Waals surface area contributed by atoms with Crippen LogP contribution in [0.5, 0.6) is 0 Å². The molecule has 2 aromatic carbocycles. The highest BCUT2D eigenvalue weighted by Gasteiger charge is 2.52. The molecule has 5 atom stereocenters. The van der Waals surface area contributed by atoms with Gasteiger partial charge in [0.05, 0.1) is 13.2 Å². The second-order valence-corrected chi connectivity index (χ2v) is 13.4. The summed E-state index contributed by atoms with van der Waals surface area (Å²) in [6, 6.07) is 16.9. The zero-order valence-electron chi connectivity index (χ0n) is 25.0. The lowest BCUT2D eigenvalue weighted by Crippen LogP contribution is -2.66. The highest BCUT2D eigenvalue weighted by atomic mass is 35.6. The molecular weight excluding hydrogens is 692 g/mol. The number of halogens is 3. The summed E-state index contributed by atoms with van der Waals surface area (Å²) in [5, 5.41) is 2.47. The lowest BCUT2D eigenvalue weighted by atomic mass is 9.96. The van der Waals surface area contributed by atoms with Crippen LogP contribution in [0.25, 0.3) is 0 Å². The number of carbonyl (C=O) groups excluding carboxylic acids is 4. The van der Waals surface area contributed by atoms with Crippen molar-refractivity contribution in [1.82, 2.24) is 5.32 Å². The maximum atomic E-state index is 12.9. The number of carbonyl (C=O) groups is 4. The van der Waals surface area contributed by atoms with Gasteiger partial charge in [0.2, 0.25) is 3.79 Å². The first-order valence-electron chi connectivity index (χ1n) is 13.7. The molecule has 0 unspecified atom stereocenters. The predicted octanol–water partition coefficient (Wildman–Crippen LogP) is 5.28. The molecule has 252 valence electrons. The molecule has 1 aliphatic rings. The second-order valence-electron chi connectivity index (χ2n) is 9.70. The molecule has 1 aliphatic heterocycles. The van der Waals surface area contributed by atoms with Crippen molar-refractivity contribution in [3.05, 3.63) is 71.8 Å². The van der Waals surface area contributed by atoms with Gasteiger partial charge in [-0.3, -0.25) is 18.9 Å². The molecule has 2 aromatic rings. The molecule has 0 radical (unpaired) electrons. The molecule has 17 heteroatoms. The topological polar surface area (TPSA) is 154 Å². The van der Waals surface area contributed by atoms with Gasteiger partial charge in [-0.2, -0.15) is 0 Å². The van der Waals surface area contributed by atoms with Crippen molar-refractivity contribution in [2.45, 2.75) is 68.4 Å². The quantitative estimate of drug-likeness (QED) is 0.117. The minimum Gasteiger partial charge on any atom is -0.463 e. The fourth-order valence-corrected chi connectivity index (χ4v) is 5.28. The van der Waals surface area contributed by atoms with Crippen LogP contribution in [-0.2, 0) is 64.9 Å². The van der Waals surface area contributed by atoms with Crippen LogP contribution < -0.4 is 5.32 Å². The first-order valence-corrected chi connectivity index (χ1v) is 16.0. The minimum atomic E-state index is -2.26. The first-order chi connectivity index (χ1) is 21.8. The zero-order valence-corrected chi connectivity index (χ0v) is 28.1. The normalized spacial score (nSPS) is 21.2. The van der Waals surface area contributed by atoms with E-state index in [1.165, 1.54) is 6.92 Å². The van der Waals surface area contributed by atoms with Gasteiger partial charge < -0.3 is 38.0 Å². The molecule has 0 spiro atoms. The average Bonchev–Trinajstić information content (AvgIpc) is 2.99. The van der Waals surface area contributed by atoms with Gasteiger partial charge in [-0.15, -0.1) is 0 Å². The molecule has 13 nitrogen and oxygen atoms in total. The Bertz CT molecular complexity index is 1240. The Balaban J connectivity index is 1.97. The molecular formula is C29H33Cl3NO12P. The largest absolute Gasteiger partial charge is 0.463 e. The van der Waals surface area contributed by atoms with Crippen molar-refractivity contribution in [2.75, 3.05) is 13.2 Å². The third-order valence-corrected chi connectivity index (χ3v) is 7.29. The maximum Gasteiger partial charge on any atom is 0.407 e. The number of ether oxygens (including phenoxy) is 5. The Labute approximate surface area is 281 Å². The highest BCUT2D eigenvalue weighted by Crippen LogP contribution is 2.45. The second kappa shape index (κ2) is 18.6. The number of esters is 3. The van der Waals surface area contributed by atoms with Crippen LogP contribution in [0.3, 0.4) is 0 Å². The fourth-order valence-electron chi connectivity index (χ4n) is 4.06. The van der Waals surface area contributed by atoms with E-state index < -0.39 is 80.3 Å².